The molecule has 0 amide bonds. The van der Waals surface area contributed by atoms with Crippen LogP contribution in [0, 0.1) is 6.92 Å². The Labute approximate surface area is 137 Å². The van der Waals surface area contributed by atoms with E-state index < -0.39 is 0 Å². The highest BCUT2D eigenvalue weighted by molar-refractivity contribution is 6.02. The first-order valence-electron chi connectivity index (χ1n) is 7.89. The molecule has 0 N–H and O–H groups in total. The Hall–Kier alpha value is -2.55. The highest BCUT2D eigenvalue weighted by atomic mass is 16.5. The average molecular weight is 306 g/mol. The molecule has 3 nitrogen and oxygen atoms in total. The lowest BCUT2D eigenvalue weighted by Crippen LogP contribution is -1.97. The summed E-state index contributed by atoms with van der Waals surface area (Å²) in [4.78, 5) is 4.59. The number of hydrogen-bond acceptors (Lipinski definition) is 2. The molecule has 0 aliphatic heterocycles. The fourth-order valence-electron chi connectivity index (χ4n) is 2.85. The van der Waals surface area contributed by atoms with Crippen LogP contribution in [0.5, 0.6) is 5.75 Å². The van der Waals surface area contributed by atoms with Crippen molar-refractivity contribution in [3.05, 3.63) is 59.8 Å². The van der Waals surface area contributed by atoms with E-state index in [4.69, 9.17) is 4.74 Å². The minimum atomic E-state index is 0.273. The first-order chi connectivity index (χ1) is 11.1. The van der Waals surface area contributed by atoms with Crippen LogP contribution in [-0.2, 0) is 0 Å². The van der Waals surface area contributed by atoms with Gasteiger partial charge in [0.05, 0.1) is 12.6 Å². The van der Waals surface area contributed by atoms with Gasteiger partial charge in [-0.2, -0.15) is 0 Å². The third-order valence-electron chi connectivity index (χ3n) is 3.98. The Morgan fingerprint density at radius 1 is 1.09 bits per heavy atom. The number of ether oxygens (including phenoxy) is 1. The molecular weight excluding hydrogens is 284 g/mol. The Balaban J connectivity index is 2.31. The minimum Gasteiger partial charge on any atom is -0.497 e. The van der Waals surface area contributed by atoms with Gasteiger partial charge in [0.2, 0.25) is 0 Å². The molecule has 0 unspecified atom stereocenters. The Morgan fingerprint density at radius 2 is 1.83 bits per heavy atom. The molecule has 3 aromatic rings. The first-order valence-corrected chi connectivity index (χ1v) is 7.89. The van der Waals surface area contributed by atoms with Crippen LogP contribution in [0.25, 0.3) is 16.6 Å². The van der Waals surface area contributed by atoms with Crippen LogP contribution in [0.1, 0.15) is 25.1 Å². The van der Waals surface area contributed by atoms with Crippen molar-refractivity contribution in [3.63, 3.8) is 0 Å². The van der Waals surface area contributed by atoms with Gasteiger partial charge in [0.15, 0.2) is 0 Å². The van der Waals surface area contributed by atoms with Crippen LogP contribution < -0.4 is 4.74 Å². The summed E-state index contributed by atoms with van der Waals surface area (Å²) in [6.07, 6.45) is 1.99. The summed E-state index contributed by atoms with van der Waals surface area (Å²) in [5, 5.41) is 1.16. The molecule has 0 saturated carbocycles. The van der Waals surface area contributed by atoms with Gasteiger partial charge in [-0.05, 0) is 51.1 Å². The van der Waals surface area contributed by atoms with Crippen LogP contribution >= 0.6 is 0 Å². The molecule has 1 heterocycles. The summed E-state index contributed by atoms with van der Waals surface area (Å²) in [7, 11) is 1.70. The standard InChI is InChI=1S/C20H22N2O/c1-14(2)21-13-19-15(3)22(16-8-6-5-7-9-16)20-11-10-17(23-4)12-18(19)20/h5-14H,1-4H3. The zero-order valence-electron chi connectivity index (χ0n) is 14.1. The van der Waals surface area contributed by atoms with Gasteiger partial charge < -0.3 is 9.30 Å². The second-order valence-corrected chi connectivity index (χ2v) is 5.93. The lowest BCUT2D eigenvalue weighted by atomic mass is 10.1. The Morgan fingerprint density at radius 3 is 2.48 bits per heavy atom. The van der Waals surface area contributed by atoms with Gasteiger partial charge in [-0.15, -0.1) is 0 Å². The van der Waals surface area contributed by atoms with Crippen LogP contribution in [0.4, 0.5) is 0 Å². The number of benzene rings is 2. The zero-order chi connectivity index (χ0) is 16.4. The van der Waals surface area contributed by atoms with E-state index in [-0.39, 0.29) is 6.04 Å². The molecule has 118 valence electrons. The molecule has 0 spiro atoms. The quantitative estimate of drug-likeness (QED) is 0.637. The maximum absolute atomic E-state index is 5.40. The van der Waals surface area contributed by atoms with Crippen molar-refractivity contribution in [1.29, 1.82) is 0 Å². The van der Waals surface area contributed by atoms with E-state index in [1.807, 2.05) is 18.3 Å². The fourth-order valence-corrected chi connectivity index (χ4v) is 2.85. The molecule has 0 fully saturated rings. The third-order valence-corrected chi connectivity index (χ3v) is 3.98. The number of aliphatic imine (C=N–C) groups is 1. The molecule has 0 atom stereocenters. The van der Waals surface area contributed by atoms with Crippen LogP contribution in [-0.4, -0.2) is 23.9 Å². The third kappa shape index (κ3) is 2.87. The molecule has 0 aliphatic rings. The van der Waals surface area contributed by atoms with Gasteiger partial charge in [-0.3, -0.25) is 4.99 Å². The van der Waals surface area contributed by atoms with Gasteiger partial charge in [0.25, 0.3) is 0 Å². The van der Waals surface area contributed by atoms with Gasteiger partial charge in [-0.25, -0.2) is 0 Å². The van der Waals surface area contributed by atoms with Crippen molar-refractivity contribution < 1.29 is 4.74 Å². The van der Waals surface area contributed by atoms with Crippen molar-refractivity contribution in [2.24, 2.45) is 4.99 Å². The van der Waals surface area contributed by atoms with Gasteiger partial charge >= 0.3 is 0 Å². The molecule has 0 aliphatic carbocycles. The molecule has 1 aromatic heterocycles. The molecule has 3 rings (SSSR count). The van der Waals surface area contributed by atoms with Crippen molar-refractivity contribution in [3.8, 4) is 11.4 Å². The summed E-state index contributed by atoms with van der Waals surface area (Å²) in [6, 6.07) is 16.9. The summed E-state index contributed by atoms with van der Waals surface area (Å²) in [5.41, 5.74) is 4.66. The minimum absolute atomic E-state index is 0.273. The van der Waals surface area contributed by atoms with Crippen LogP contribution in [0.15, 0.2) is 53.5 Å². The smallest absolute Gasteiger partial charge is 0.119 e. The number of hydrogen-bond donors (Lipinski definition) is 0. The van der Waals surface area contributed by atoms with Gasteiger partial charge in [0.1, 0.15) is 5.75 Å². The van der Waals surface area contributed by atoms with E-state index in [9.17, 15) is 0 Å². The first kappa shape index (κ1) is 15.3. The average Bonchev–Trinajstić information content (AvgIpc) is 2.84. The lowest BCUT2D eigenvalue weighted by Gasteiger charge is -2.08. The van der Waals surface area contributed by atoms with Crippen LogP contribution in [0.3, 0.4) is 0 Å². The molecule has 0 radical (unpaired) electrons. The number of para-hydroxylation sites is 1. The van der Waals surface area contributed by atoms with E-state index in [2.05, 4.69) is 66.7 Å². The van der Waals surface area contributed by atoms with E-state index in [1.54, 1.807) is 7.11 Å². The number of nitrogens with zero attached hydrogens (tertiary/aromatic N) is 2. The monoisotopic (exact) mass is 306 g/mol. The summed E-state index contributed by atoms with van der Waals surface area (Å²) >= 11 is 0. The highest BCUT2D eigenvalue weighted by Crippen LogP contribution is 2.31. The van der Waals surface area contributed by atoms with Crippen molar-refractivity contribution in [2.75, 3.05) is 7.11 Å². The Bertz CT molecular complexity index is 845. The number of methoxy groups -OCH3 is 1. The second-order valence-electron chi connectivity index (χ2n) is 5.93. The zero-order valence-corrected chi connectivity index (χ0v) is 14.1. The maximum Gasteiger partial charge on any atom is 0.119 e. The summed E-state index contributed by atoms with van der Waals surface area (Å²) in [5.74, 6) is 0.863. The van der Waals surface area contributed by atoms with Gasteiger partial charge in [0, 0.05) is 34.6 Å². The second kappa shape index (κ2) is 6.29. The van der Waals surface area contributed by atoms with Gasteiger partial charge in [-0.1, -0.05) is 18.2 Å². The lowest BCUT2D eigenvalue weighted by molar-refractivity contribution is 0.415. The predicted molar refractivity (Wildman–Crippen MR) is 97.3 cm³/mol. The van der Waals surface area contributed by atoms with Crippen molar-refractivity contribution in [1.82, 2.24) is 4.57 Å². The number of aromatic nitrogens is 1. The highest BCUT2D eigenvalue weighted by Gasteiger charge is 2.14. The SMILES string of the molecule is COc1ccc2c(c1)c(C=NC(C)C)c(C)n2-c1ccccc1. The predicted octanol–water partition coefficient (Wildman–Crippen LogP) is 4.77. The number of fused-ring (bicyclic) bond motifs is 1. The molecule has 0 saturated heterocycles. The molecule has 0 bridgehead atoms. The maximum atomic E-state index is 5.40. The Kier molecular flexibility index (Phi) is 4.20. The van der Waals surface area contributed by atoms with E-state index in [0.717, 1.165) is 22.4 Å². The molecule has 23 heavy (non-hydrogen) atoms. The summed E-state index contributed by atoms with van der Waals surface area (Å²) < 4.78 is 7.68. The molecular formula is C20H22N2O. The van der Waals surface area contributed by atoms with E-state index >= 15 is 0 Å². The summed E-state index contributed by atoms with van der Waals surface area (Å²) in [6.45, 7) is 6.31. The van der Waals surface area contributed by atoms with Crippen molar-refractivity contribution >= 4 is 17.1 Å². The largest absolute Gasteiger partial charge is 0.497 e. The van der Waals surface area contributed by atoms with Crippen LogP contribution in [0.2, 0.25) is 0 Å². The van der Waals surface area contributed by atoms with Crippen molar-refractivity contribution in [2.45, 2.75) is 26.8 Å². The fraction of sp³-hybridized carbons (Fsp3) is 0.250. The topological polar surface area (TPSA) is 26.5 Å². The van der Waals surface area contributed by atoms with E-state index in [1.165, 1.54) is 11.2 Å². The normalized spacial score (nSPS) is 11.7. The molecule has 2 aromatic carbocycles. The number of rotatable bonds is 4. The van der Waals surface area contributed by atoms with E-state index in [0.29, 0.717) is 0 Å². The molecule has 3 heteroatoms.